The SMILES string of the molecule is CNCCCc1csc(C2CCCO2)n1. The Kier molecular flexibility index (Phi) is 4.11. The fourth-order valence-corrected chi connectivity index (χ4v) is 2.74. The molecule has 1 unspecified atom stereocenters. The second kappa shape index (κ2) is 5.58. The van der Waals surface area contributed by atoms with E-state index >= 15 is 0 Å². The molecule has 0 aliphatic carbocycles. The van der Waals surface area contributed by atoms with Crippen molar-refractivity contribution in [2.45, 2.75) is 31.8 Å². The molecule has 1 aromatic heterocycles. The fraction of sp³-hybridized carbons (Fsp3) is 0.727. The van der Waals surface area contributed by atoms with Crippen LogP contribution in [0.4, 0.5) is 0 Å². The van der Waals surface area contributed by atoms with Crippen molar-refractivity contribution >= 4 is 11.3 Å². The fourth-order valence-electron chi connectivity index (χ4n) is 1.80. The minimum Gasteiger partial charge on any atom is -0.371 e. The molecule has 0 saturated carbocycles. The Balaban J connectivity index is 1.86. The molecular weight excluding hydrogens is 208 g/mol. The normalized spacial score (nSPS) is 21.0. The number of aryl methyl sites for hydroxylation is 1. The molecule has 3 nitrogen and oxygen atoms in total. The molecule has 2 heterocycles. The molecule has 1 aliphatic heterocycles. The van der Waals surface area contributed by atoms with Crippen LogP contribution in [-0.2, 0) is 11.2 Å². The van der Waals surface area contributed by atoms with E-state index in [-0.39, 0.29) is 6.10 Å². The molecule has 1 fully saturated rings. The third-order valence-corrected chi connectivity index (χ3v) is 3.62. The zero-order valence-corrected chi connectivity index (χ0v) is 9.98. The predicted octanol–water partition coefficient (Wildman–Crippen LogP) is 2.15. The van der Waals surface area contributed by atoms with E-state index in [1.54, 1.807) is 11.3 Å². The van der Waals surface area contributed by atoms with Crippen LogP contribution in [0.1, 0.15) is 36.1 Å². The van der Waals surface area contributed by atoms with Crippen molar-refractivity contribution in [1.29, 1.82) is 0 Å². The highest BCUT2D eigenvalue weighted by atomic mass is 32.1. The van der Waals surface area contributed by atoms with Gasteiger partial charge in [-0.05, 0) is 39.3 Å². The molecule has 2 rings (SSSR count). The maximum absolute atomic E-state index is 5.61. The Bertz CT molecular complexity index is 295. The van der Waals surface area contributed by atoms with Gasteiger partial charge in [0, 0.05) is 12.0 Å². The van der Waals surface area contributed by atoms with E-state index in [0.29, 0.717) is 0 Å². The summed E-state index contributed by atoms with van der Waals surface area (Å²) in [4.78, 5) is 4.63. The van der Waals surface area contributed by atoms with Gasteiger partial charge in [0.2, 0.25) is 0 Å². The summed E-state index contributed by atoms with van der Waals surface area (Å²) >= 11 is 1.75. The second-order valence-electron chi connectivity index (χ2n) is 3.89. The van der Waals surface area contributed by atoms with Gasteiger partial charge in [0.25, 0.3) is 0 Å². The first kappa shape index (κ1) is 11.0. The summed E-state index contributed by atoms with van der Waals surface area (Å²) in [5.41, 5.74) is 1.22. The third kappa shape index (κ3) is 3.00. The van der Waals surface area contributed by atoms with Gasteiger partial charge >= 0.3 is 0 Å². The van der Waals surface area contributed by atoms with Gasteiger partial charge in [-0.25, -0.2) is 4.98 Å². The Hall–Kier alpha value is -0.450. The number of ether oxygens (including phenoxy) is 1. The molecule has 1 aliphatic rings. The first-order valence-corrected chi connectivity index (χ1v) is 6.48. The molecular formula is C11H18N2OS. The highest BCUT2D eigenvalue weighted by molar-refractivity contribution is 7.09. The molecule has 15 heavy (non-hydrogen) atoms. The topological polar surface area (TPSA) is 34.1 Å². The van der Waals surface area contributed by atoms with Gasteiger partial charge in [0.05, 0.1) is 5.69 Å². The lowest BCUT2D eigenvalue weighted by atomic mass is 10.2. The van der Waals surface area contributed by atoms with Gasteiger partial charge in [-0.1, -0.05) is 0 Å². The molecule has 1 saturated heterocycles. The van der Waals surface area contributed by atoms with Crippen LogP contribution in [0.25, 0.3) is 0 Å². The molecule has 0 spiro atoms. The highest BCUT2D eigenvalue weighted by Crippen LogP contribution is 2.30. The lowest BCUT2D eigenvalue weighted by molar-refractivity contribution is 0.111. The first-order valence-electron chi connectivity index (χ1n) is 5.60. The van der Waals surface area contributed by atoms with Crippen LogP contribution in [0, 0.1) is 0 Å². The molecule has 0 amide bonds. The van der Waals surface area contributed by atoms with Gasteiger partial charge in [-0.2, -0.15) is 0 Å². The highest BCUT2D eigenvalue weighted by Gasteiger charge is 2.20. The van der Waals surface area contributed by atoms with Gasteiger partial charge in [-0.3, -0.25) is 0 Å². The van der Waals surface area contributed by atoms with Crippen LogP contribution in [0.5, 0.6) is 0 Å². The summed E-state index contributed by atoms with van der Waals surface area (Å²) in [5.74, 6) is 0. The van der Waals surface area contributed by atoms with Crippen molar-refractivity contribution in [3.63, 3.8) is 0 Å². The number of thiazole rings is 1. The number of nitrogens with one attached hydrogen (secondary N) is 1. The van der Waals surface area contributed by atoms with E-state index in [1.165, 1.54) is 17.1 Å². The van der Waals surface area contributed by atoms with Crippen LogP contribution in [0.2, 0.25) is 0 Å². The van der Waals surface area contributed by atoms with Gasteiger partial charge < -0.3 is 10.1 Å². The van der Waals surface area contributed by atoms with Crippen LogP contribution in [-0.4, -0.2) is 25.2 Å². The maximum Gasteiger partial charge on any atom is 0.122 e. The first-order chi connectivity index (χ1) is 7.40. The van der Waals surface area contributed by atoms with Crippen molar-refractivity contribution in [3.8, 4) is 0 Å². The molecule has 84 valence electrons. The zero-order chi connectivity index (χ0) is 10.5. The molecule has 4 heteroatoms. The maximum atomic E-state index is 5.61. The molecule has 0 bridgehead atoms. The summed E-state index contributed by atoms with van der Waals surface area (Å²) in [7, 11) is 1.98. The Morgan fingerprint density at radius 3 is 3.33 bits per heavy atom. The summed E-state index contributed by atoms with van der Waals surface area (Å²) in [6.45, 7) is 1.96. The number of hydrogen-bond donors (Lipinski definition) is 1. The van der Waals surface area contributed by atoms with E-state index in [4.69, 9.17) is 4.74 Å². The second-order valence-corrected chi connectivity index (χ2v) is 4.78. The largest absolute Gasteiger partial charge is 0.371 e. The van der Waals surface area contributed by atoms with E-state index in [1.807, 2.05) is 7.05 Å². The number of aromatic nitrogens is 1. The van der Waals surface area contributed by atoms with E-state index < -0.39 is 0 Å². The summed E-state index contributed by atoms with van der Waals surface area (Å²) in [6.07, 6.45) is 4.84. The minimum atomic E-state index is 0.285. The molecule has 1 atom stereocenters. The predicted molar refractivity (Wildman–Crippen MR) is 62.3 cm³/mol. The number of nitrogens with zero attached hydrogens (tertiary/aromatic N) is 1. The zero-order valence-electron chi connectivity index (χ0n) is 9.16. The van der Waals surface area contributed by atoms with Gasteiger partial charge in [-0.15, -0.1) is 11.3 Å². The Morgan fingerprint density at radius 2 is 2.60 bits per heavy atom. The van der Waals surface area contributed by atoms with Crippen LogP contribution in [0.15, 0.2) is 5.38 Å². The lowest BCUT2D eigenvalue weighted by Crippen LogP contribution is -2.08. The summed E-state index contributed by atoms with van der Waals surface area (Å²) < 4.78 is 5.61. The van der Waals surface area contributed by atoms with Crippen molar-refractivity contribution < 1.29 is 4.74 Å². The third-order valence-electron chi connectivity index (χ3n) is 2.63. The Morgan fingerprint density at radius 1 is 1.67 bits per heavy atom. The lowest BCUT2D eigenvalue weighted by Gasteiger charge is -2.03. The van der Waals surface area contributed by atoms with E-state index in [0.717, 1.165) is 32.4 Å². The Labute approximate surface area is 94.9 Å². The van der Waals surface area contributed by atoms with Gasteiger partial charge in [0.15, 0.2) is 0 Å². The van der Waals surface area contributed by atoms with Crippen LogP contribution >= 0.6 is 11.3 Å². The van der Waals surface area contributed by atoms with Crippen molar-refractivity contribution in [3.05, 3.63) is 16.1 Å². The average Bonchev–Trinajstić information content (AvgIpc) is 2.87. The molecule has 1 N–H and O–H groups in total. The standard InChI is InChI=1S/C11H18N2OS/c1-12-6-2-4-9-8-15-11(13-9)10-5-3-7-14-10/h8,10,12H,2-7H2,1H3. The smallest absolute Gasteiger partial charge is 0.122 e. The van der Waals surface area contributed by atoms with E-state index in [2.05, 4.69) is 15.7 Å². The number of hydrogen-bond acceptors (Lipinski definition) is 4. The van der Waals surface area contributed by atoms with Crippen molar-refractivity contribution in [2.75, 3.05) is 20.2 Å². The van der Waals surface area contributed by atoms with E-state index in [9.17, 15) is 0 Å². The molecule has 0 radical (unpaired) electrons. The quantitative estimate of drug-likeness (QED) is 0.781. The van der Waals surface area contributed by atoms with Crippen LogP contribution < -0.4 is 5.32 Å². The van der Waals surface area contributed by atoms with Gasteiger partial charge in [0.1, 0.15) is 11.1 Å². The summed E-state index contributed by atoms with van der Waals surface area (Å²) in [5, 5.41) is 6.50. The monoisotopic (exact) mass is 226 g/mol. The van der Waals surface area contributed by atoms with Crippen LogP contribution in [0.3, 0.4) is 0 Å². The van der Waals surface area contributed by atoms with Crippen molar-refractivity contribution in [2.24, 2.45) is 0 Å². The molecule has 0 aromatic carbocycles. The molecule has 1 aromatic rings. The summed E-state index contributed by atoms with van der Waals surface area (Å²) in [6, 6.07) is 0. The average molecular weight is 226 g/mol. The number of rotatable bonds is 5. The minimum absolute atomic E-state index is 0.285. The van der Waals surface area contributed by atoms with Crippen molar-refractivity contribution in [1.82, 2.24) is 10.3 Å².